The molecule has 9 heteroatoms. The lowest BCUT2D eigenvalue weighted by Gasteiger charge is -2.42. The van der Waals surface area contributed by atoms with Gasteiger partial charge in [-0.15, -0.1) is 10.2 Å². The first-order valence-electron chi connectivity index (χ1n) is 8.52. The highest BCUT2D eigenvalue weighted by Gasteiger charge is 2.50. The normalized spacial score (nSPS) is 25.6. The molecule has 9 nitrogen and oxygen atoms in total. The van der Waals surface area contributed by atoms with Crippen LogP contribution >= 0.6 is 0 Å². The predicted molar refractivity (Wildman–Crippen MR) is 89.8 cm³/mol. The fraction of sp³-hybridized carbons (Fsp3) is 0.625. The number of anilines is 1. The van der Waals surface area contributed by atoms with Crippen molar-refractivity contribution < 1.29 is 14.6 Å². The van der Waals surface area contributed by atoms with E-state index in [1.54, 1.807) is 6.33 Å². The second-order valence-electron chi connectivity index (χ2n) is 7.05. The van der Waals surface area contributed by atoms with Crippen LogP contribution in [-0.4, -0.2) is 62.6 Å². The van der Waals surface area contributed by atoms with Crippen molar-refractivity contribution in [1.29, 1.82) is 0 Å². The summed E-state index contributed by atoms with van der Waals surface area (Å²) < 4.78 is 7.69. The number of aromatic nitrogens is 4. The minimum absolute atomic E-state index is 0.107. The summed E-state index contributed by atoms with van der Waals surface area (Å²) in [7, 11) is 0. The number of ether oxygens (including phenoxy) is 1. The summed E-state index contributed by atoms with van der Waals surface area (Å²) in [4.78, 5) is 18.0. The zero-order chi connectivity index (χ0) is 17.6. The molecular formula is C16H22N6O3. The standard InChI is InChI=1S/C16H22N6O3/c1-10-7-12-20-17-9-22(12)14(18-10)21-5-3-16(4-6-21)8-25-11(2)13(16)19-15(23)24/h7,9,11,13,19H,3-6,8H2,1-2H3,(H,23,24)/t11-,13+/m0/s1. The van der Waals surface area contributed by atoms with Gasteiger partial charge in [-0.25, -0.2) is 9.78 Å². The molecular weight excluding hydrogens is 324 g/mol. The molecule has 0 radical (unpaired) electrons. The molecule has 25 heavy (non-hydrogen) atoms. The molecule has 0 bridgehead atoms. The Morgan fingerprint density at radius 2 is 2.20 bits per heavy atom. The predicted octanol–water partition coefficient (Wildman–Crippen LogP) is 1.07. The first-order chi connectivity index (χ1) is 12.0. The Bertz CT molecular complexity index is 798. The summed E-state index contributed by atoms with van der Waals surface area (Å²) in [6.07, 6.45) is 2.28. The van der Waals surface area contributed by atoms with Crippen molar-refractivity contribution in [2.45, 2.75) is 38.8 Å². The summed E-state index contributed by atoms with van der Waals surface area (Å²) in [6.45, 7) is 6.05. The van der Waals surface area contributed by atoms with Crippen molar-refractivity contribution in [2.24, 2.45) is 5.41 Å². The van der Waals surface area contributed by atoms with Gasteiger partial charge in [0.05, 0.1) is 18.8 Å². The SMILES string of the molecule is Cc1cc2nncn2c(N2CCC3(CC2)CO[C@@H](C)[C@H]3NC(=O)O)n1. The molecule has 0 aliphatic carbocycles. The third-order valence-electron chi connectivity index (χ3n) is 5.49. The molecule has 134 valence electrons. The second kappa shape index (κ2) is 5.83. The summed E-state index contributed by atoms with van der Waals surface area (Å²) in [5.74, 6) is 0.838. The Balaban J connectivity index is 1.56. The smallest absolute Gasteiger partial charge is 0.404 e. The maximum atomic E-state index is 11.2. The van der Waals surface area contributed by atoms with Crippen LogP contribution in [0.15, 0.2) is 12.4 Å². The topological polar surface area (TPSA) is 105 Å². The fourth-order valence-electron chi connectivity index (χ4n) is 4.14. The minimum atomic E-state index is -0.990. The molecule has 2 saturated heterocycles. The van der Waals surface area contributed by atoms with E-state index < -0.39 is 6.09 Å². The van der Waals surface area contributed by atoms with Gasteiger partial charge in [0.1, 0.15) is 6.33 Å². The van der Waals surface area contributed by atoms with Gasteiger partial charge in [0.2, 0.25) is 5.95 Å². The molecule has 4 heterocycles. The van der Waals surface area contributed by atoms with E-state index >= 15 is 0 Å². The van der Waals surface area contributed by atoms with Gasteiger partial charge in [-0.1, -0.05) is 0 Å². The number of nitrogens with one attached hydrogen (secondary N) is 1. The number of amides is 1. The zero-order valence-corrected chi connectivity index (χ0v) is 14.3. The summed E-state index contributed by atoms with van der Waals surface area (Å²) in [5.41, 5.74) is 1.54. The number of piperidine rings is 1. The molecule has 1 amide bonds. The monoisotopic (exact) mass is 346 g/mol. The van der Waals surface area contributed by atoms with E-state index in [1.165, 1.54) is 0 Å². The number of hydrogen-bond donors (Lipinski definition) is 2. The summed E-state index contributed by atoms with van der Waals surface area (Å²) in [5, 5.41) is 19.9. The fourth-order valence-corrected chi connectivity index (χ4v) is 4.14. The molecule has 4 rings (SSSR count). The first kappa shape index (κ1) is 16.1. The lowest BCUT2D eigenvalue weighted by atomic mass is 9.73. The molecule has 2 aliphatic rings. The van der Waals surface area contributed by atoms with Gasteiger partial charge >= 0.3 is 6.09 Å². The van der Waals surface area contributed by atoms with E-state index in [-0.39, 0.29) is 17.6 Å². The lowest BCUT2D eigenvalue weighted by molar-refractivity contribution is 0.0970. The highest BCUT2D eigenvalue weighted by atomic mass is 16.5. The van der Waals surface area contributed by atoms with Crippen LogP contribution in [0.5, 0.6) is 0 Å². The number of fused-ring (bicyclic) bond motifs is 1. The maximum Gasteiger partial charge on any atom is 0.404 e. The maximum absolute atomic E-state index is 11.2. The zero-order valence-electron chi connectivity index (χ0n) is 14.3. The van der Waals surface area contributed by atoms with Crippen LogP contribution in [0.3, 0.4) is 0 Å². The molecule has 2 atom stereocenters. The molecule has 2 aromatic rings. The van der Waals surface area contributed by atoms with Crippen LogP contribution in [-0.2, 0) is 4.74 Å². The van der Waals surface area contributed by atoms with Crippen LogP contribution in [0.4, 0.5) is 10.7 Å². The molecule has 2 fully saturated rings. The van der Waals surface area contributed by atoms with Crippen LogP contribution < -0.4 is 10.2 Å². The third-order valence-corrected chi connectivity index (χ3v) is 5.49. The molecule has 0 saturated carbocycles. The number of rotatable bonds is 2. The van der Waals surface area contributed by atoms with Gasteiger partial charge < -0.3 is 20.1 Å². The van der Waals surface area contributed by atoms with Crippen LogP contribution in [0.25, 0.3) is 5.65 Å². The quantitative estimate of drug-likeness (QED) is 0.838. The van der Waals surface area contributed by atoms with E-state index in [2.05, 4.69) is 25.4 Å². The molecule has 2 aliphatic heterocycles. The Kier molecular flexibility index (Phi) is 3.75. The number of nitrogens with zero attached hydrogens (tertiary/aromatic N) is 5. The Morgan fingerprint density at radius 1 is 1.44 bits per heavy atom. The van der Waals surface area contributed by atoms with E-state index in [1.807, 2.05) is 24.3 Å². The van der Waals surface area contributed by atoms with Gasteiger partial charge in [0, 0.05) is 30.3 Å². The van der Waals surface area contributed by atoms with Crippen molar-refractivity contribution >= 4 is 17.7 Å². The highest BCUT2D eigenvalue weighted by molar-refractivity contribution is 5.65. The van der Waals surface area contributed by atoms with Crippen LogP contribution in [0.2, 0.25) is 0 Å². The summed E-state index contributed by atoms with van der Waals surface area (Å²) in [6, 6.07) is 1.73. The van der Waals surface area contributed by atoms with Crippen molar-refractivity contribution in [3.05, 3.63) is 18.1 Å². The first-order valence-corrected chi connectivity index (χ1v) is 8.52. The molecule has 1 spiro atoms. The van der Waals surface area contributed by atoms with Crippen molar-refractivity contribution in [3.8, 4) is 0 Å². The lowest BCUT2D eigenvalue weighted by Crippen LogP contribution is -2.54. The summed E-state index contributed by atoms with van der Waals surface area (Å²) >= 11 is 0. The minimum Gasteiger partial charge on any atom is -0.465 e. The van der Waals surface area contributed by atoms with E-state index in [9.17, 15) is 4.79 Å². The molecule has 2 N–H and O–H groups in total. The van der Waals surface area contributed by atoms with Crippen LogP contribution in [0.1, 0.15) is 25.5 Å². The van der Waals surface area contributed by atoms with Gasteiger partial charge in [-0.3, -0.25) is 4.40 Å². The van der Waals surface area contributed by atoms with E-state index in [4.69, 9.17) is 9.84 Å². The van der Waals surface area contributed by atoms with Crippen molar-refractivity contribution in [1.82, 2.24) is 24.9 Å². The van der Waals surface area contributed by atoms with E-state index in [0.29, 0.717) is 6.61 Å². The Hall–Kier alpha value is -2.42. The molecule has 0 unspecified atom stereocenters. The van der Waals surface area contributed by atoms with Gasteiger partial charge in [-0.2, -0.15) is 0 Å². The number of aryl methyl sites for hydroxylation is 1. The number of hydrogen-bond acceptors (Lipinski definition) is 6. The van der Waals surface area contributed by atoms with Crippen molar-refractivity contribution in [3.63, 3.8) is 0 Å². The highest BCUT2D eigenvalue weighted by Crippen LogP contribution is 2.42. The largest absolute Gasteiger partial charge is 0.465 e. The second-order valence-corrected chi connectivity index (χ2v) is 7.05. The molecule has 0 aromatic carbocycles. The van der Waals surface area contributed by atoms with Crippen molar-refractivity contribution in [2.75, 3.05) is 24.6 Å². The third kappa shape index (κ3) is 2.68. The average Bonchev–Trinajstić information content (AvgIpc) is 3.15. The van der Waals surface area contributed by atoms with Crippen LogP contribution in [0, 0.1) is 12.3 Å². The molecule has 2 aromatic heterocycles. The number of carbonyl (C=O) groups is 1. The Labute approximate surface area is 145 Å². The van der Waals surface area contributed by atoms with E-state index in [0.717, 1.165) is 43.2 Å². The van der Waals surface area contributed by atoms with Gasteiger partial charge in [-0.05, 0) is 26.7 Å². The Morgan fingerprint density at radius 3 is 2.92 bits per heavy atom. The number of carboxylic acid groups (broad SMARTS) is 1. The average molecular weight is 346 g/mol. The van der Waals surface area contributed by atoms with Gasteiger partial charge in [0.25, 0.3) is 0 Å². The van der Waals surface area contributed by atoms with Gasteiger partial charge in [0.15, 0.2) is 5.65 Å².